The third kappa shape index (κ3) is 2.80. The molecule has 116 valence electrons. The van der Waals surface area contributed by atoms with E-state index in [9.17, 15) is 8.42 Å². The molecule has 1 fully saturated rings. The normalized spacial score (nSPS) is 24.4. The Morgan fingerprint density at radius 1 is 1.19 bits per heavy atom. The molecule has 1 atom stereocenters. The number of hydrogen-bond donors (Lipinski definition) is 1. The third-order valence-electron chi connectivity index (χ3n) is 4.33. The zero-order valence-corrected chi connectivity index (χ0v) is 13.3. The zero-order chi connectivity index (χ0) is 14.9. The van der Waals surface area contributed by atoms with Crippen LogP contribution < -0.4 is 9.62 Å². The largest absolute Gasteiger partial charge is 0.315 e. The van der Waals surface area contributed by atoms with E-state index in [1.54, 1.807) is 8.61 Å². The van der Waals surface area contributed by atoms with Crippen LogP contribution in [0.3, 0.4) is 0 Å². The van der Waals surface area contributed by atoms with E-state index in [-0.39, 0.29) is 6.04 Å². The fourth-order valence-corrected chi connectivity index (χ4v) is 5.10. The molecule has 6 heteroatoms. The third-order valence-corrected chi connectivity index (χ3v) is 6.41. The highest BCUT2D eigenvalue weighted by Crippen LogP contribution is 2.33. The summed E-state index contributed by atoms with van der Waals surface area (Å²) in [6, 6.07) is 7.88. The molecule has 1 N–H and O–H groups in total. The second kappa shape index (κ2) is 5.94. The maximum Gasteiger partial charge on any atom is 0.304 e. The van der Waals surface area contributed by atoms with Crippen molar-refractivity contribution in [3.63, 3.8) is 0 Å². The molecule has 1 saturated heterocycles. The minimum atomic E-state index is -3.44. The summed E-state index contributed by atoms with van der Waals surface area (Å²) in [7, 11) is -3.44. The summed E-state index contributed by atoms with van der Waals surface area (Å²) in [6.45, 7) is 4.76. The number of aryl methyl sites for hydroxylation is 1. The number of anilines is 1. The van der Waals surface area contributed by atoms with Gasteiger partial charge in [0.05, 0.1) is 5.69 Å². The number of fused-ring (bicyclic) bond motifs is 1. The summed E-state index contributed by atoms with van der Waals surface area (Å²) in [5.74, 6) is 0. The van der Waals surface area contributed by atoms with Crippen LogP contribution in [-0.2, 0) is 16.6 Å². The molecule has 1 aromatic carbocycles. The van der Waals surface area contributed by atoms with Crippen LogP contribution in [0.1, 0.15) is 25.3 Å². The van der Waals surface area contributed by atoms with E-state index < -0.39 is 10.2 Å². The van der Waals surface area contributed by atoms with E-state index >= 15 is 0 Å². The Balaban J connectivity index is 1.97. The van der Waals surface area contributed by atoms with Crippen LogP contribution in [0.5, 0.6) is 0 Å². The summed E-state index contributed by atoms with van der Waals surface area (Å²) in [5, 5.41) is 3.26. The standard InChI is InChI=1S/C15H23N3O2S/c1-13-7-8-14-5-2-3-6-15(14)18(13)21(19,20)17-11-4-9-16-10-12-17/h2-3,5-6,13,16H,4,7-12H2,1H3. The maximum atomic E-state index is 13.1. The van der Waals surface area contributed by atoms with Gasteiger partial charge in [0.2, 0.25) is 0 Å². The van der Waals surface area contributed by atoms with Crippen LogP contribution in [0, 0.1) is 0 Å². The van der Waals surface area contributed by atoms with Crippen molar-refractivity contribution in [3.8, 4) is 0 Å². The fourth-order valence-electron chi connectivity index (χ4n) is 3.18. The molecule has 0 amide bonds. The molecule has 21 heavy (non-hydrogen) atoms. The second-order valence-electron chi connectivity index (χ2n) is 5.82. The summed E-state index contributed by atoms with van der Waals surface area (Å²) < 4.78 is 29.4. The van der Waals surface area contributed by atoms with Gasteiger partial charge in [0.1, 0.15) is 0 Å². The topological polar surface area (TPSA) is 52.7 Å². The van der Waals surface area contributed by atoms with Crippen molar-refractivity contribution in [2.24, 2.45) is 0 Å². The van der Waals surface area contributed by atoms with Gasteiger partial charge in [0.15, 0.2) is 0 Å². The maximum absolute atomic E-state index is 13.1. The highest BCUT2D eigenvalue weighted by atomic mass is 32.2. The van der Waals surface area contributed by atoms with Crippen molar-refractivity contribution < 1.29 is 8.42 Å². The van der Waals surface area contributed by atoms with Gasteiger partial charge in [-0.2, -0.15) is 12.7 Å². The molecule has 1 aromatic rings. The molecule has 2 heterocycles. The SMILES string of the molecule is CC1CCc2ccccc2N1S(=O)(=O)N1CCCNCC1. The molecule has 5 nitrogen and oxygen atoms in total. The number of nitrogens with zero attached hydrogens (tertiary/aromatic N) is 2. The van der Waals surface area contributed by atoms with Crippen molar-refractivity contribution in [1.29, 1.82) is 0 Å². The number of rotatable bonds is 2. The fraction of sp³-hybridized carbons (Fsp3) is 0.600. The molecule has 0 saturated carbocycles. The van der Waals surface area contributed by atoms with E-state index in [0.717, 1.165) is 43.6 Å². The summed E-state index contributed by atoms with van der Waals surface area (Å²) in [5.41, 5.74) is 1.99. The van der Waals surface area contributed by atoms with Crippen molar-refractivity contribution in [3.05, 3.63) is 29.8 Å². The first-order valence-corrected chi connectivity index (χ1v) is 9.08. The molecule has 0 aliphatic carbocycles. The van der Waals surface area contributed by atoms with E-state index in [2.05, 4.69) is 5.32 Å². The van der Waals surface area contributed by atoms with E-state index in [0.29, 0.717) is 13.1 Å². The molecular formula is C15H23N3O2S. The van der Waals surface area contributed by atoms with Gasteiger partial charge < -0.3 is 5.32 Å². The number of nitrogens with one attached hydrogen (secondary N) is 1. The first-order chi connectivity index (χ1) is 10.1. The smallest absolute Gasteiger partial charge is 0.304 e. The summed E-state index contributed by atoms with van der Waals surface area (Å²) in [4.78, 5) is 0. The average Bonchev–Trinajstić information content (AvgIpc) is 2.76. The van der Waals surface area contributed by atoms with Gasteiger partial charge in [0, 0.05) is 25.7 Å². The zero-order valence-electron chi connectivity index (χ0n) is 12.5. The van der Waals surface area contributed by atoms with Crippen molar-refractivity contribution in [2.45, 2.75) is 32.2 Å². The van der Waals surface area contributed by atoms with Gasteiger partial charge >= 0.3 is 10.2 Å². The Morgan fingerprint density at radius 2 is 2.00 bits per heavy atom. The van der Waals surface area contributed by atoms with Crippen LogP contribution in [0.15, 0.2) is 24.3 Å². The predicted octanol–water partition coefficient (Wildman–Crippen LogP) is 1.37. The van der Waals surface area contributed by atoms with Gasteiger partial charge in [-0.25, -0.2) is 0 Å². The molecule has 2 aliphatic rings. The summed E-state index contributed by atoms with van der Waals surface area (Å²) >= 11 is 0. The average molecular weight is 309 g/mol. The lowest BCUT2D eigenvalue weighted by molar-refractivity contribution is 0.422. The summed E-state index contributed by atoms with van der Waals surface area (Å²) in [6.07, 6.45) is 2.69. The van der Waals surface area contributed by atoms with Crippen molar-refractivity contribution in [2.75, 3.05) is 30.5 Å². The number of para-hydroxylation sites is 1. The van der Waals surface area contributed by atoms with E-state index in [4.69, 9.17) is 0 Å². The molecule has 0 bridgehead atoms. The Kier molecular flexibility index (Phi) is 4.19. The molecule has 2 aliphatic heterocycles. The van der Waals surface area contributed by atoms with Crippen LogP contribution in [0.4, 0.5) is 5.69 Å². The van der Waals surface area contributed by atoms with Gasteiger partial charge in [-0.1, -0.05) is 18.2 Å². The highest BCUT2D eigenvalue weighted by Gasteiger charge is 2.36. The lowest BCUT2D eigenvalue weighted by atomic mass is 9.99. The van der Waals surface area contributed by atoms with Crippen LogP contribution >= 0.6 is 0 Å². The first-order valence-electron chi connectivity index (χ1n) is 7.69. The molecule has 1 unspecified atom stereocenters. The number of benzene rings is 1. The van der Waals surface area contributed by atoms with Gasteiger partial charge in [0.25, 0.3) is 0 Å². The quantitative estimate of drug-likeness (QED) is 0.898. The monoisotopic (exact) mass is 309 g/mol. The molecule has 0 spiro atoms. The lowest BCUT2D eigenvalue weighted by Gasteiger charge is -2.38. The predicted molar refractivity (Wildman–Crippen MR) is 84.7 cm³/mol. The minimum absolute atomic E-state index is 0.0149. The lowest BCUT2D eigenvalue weighted by Crippen LogP contribution is -2.50. The molecular weight excluding hydrogens is 286 g/mol. The van der Waals surface area contributed by atoms with Crippen LogP contribution in [0.25, 0.3) is 0 Å². The number of hydrogen-bond acceptors (Lipinski definition) is 3. The van der Waals surface area contributed by atoms with E-state index in [1.807, 2.05) is 31.2 Å². The van der Waals surface area contributed by atoms with Crippen LogP contribution in [-0.4, -0.2) is 44.9 Å². The minimum Gasteiger partial charge on any atom is -0.315 e. The Bertz CT molecular complexity index is 595. The van der Waals surface area contributed by atoms with E-state index in [1.165, 1.54) is 0 Å². The molecule has 3 rings (SSSR count). The second-order valence-corrected chi connectivity index (χ2v) is 7.63. The van der Waals surface area contributed by atoms with Gasteiger partial charge in [-0.05, 0) is 44.4 Å². The van der Waals surface area contributed by atoms with Crippen molar-refractivity contribution >= 4 is 15.9 Å². The Labute approximate surface area is 127 Å². The first kappa shape index (κ1) is 14.8. The van der Waals surface area contributed by atoms with Gasteiger partial charge in [-0.15, -0.1) is 0 Å². The van der Waals surface area contributed by atoms with Crippen LogP contribution in [0.2, 0.25) is 0 Å². The van der Waals surface area contributed by atoms with Gasteiger partial charge in [-0.3, -0.25) is 4.31 Å². The Hall–Kier alpha value is -1.11. The highest BCUT2D eigenvalue weighted by molar-refractivity contribution is 7.90. The molecule has 0 aromatic heterocycles. The Morgan fingerprint density at radius 3 is 2.86 bits per heavy atom. The molecule has 0 radical (unpaired) electrons. The van der Waals surface area contributed by atoms with Crippen molar-refractivity contribution in [1.82, 2.24) is 9.62 Å².